The molecule has 0 fully saturated rings. The molecule has 0 aliphatic heterocycles. The van der Waals surface area contributed by atoms with E-state index in [1.54, 1.807) is 0 Å². The van der Waals surface area contributed by atoms with Crippen molar-refractivity contribution in [2.24, 2.45) is 0 Å². The van der Waals surface area contributed by atoms with Gasteiger partial charge in [0, 0.05) is 13.5 Å². The smallest absolute Gasteiger partial charge is 0.461 e. The maximum Gasteiger partial charge on any atom is 0.461 e. The first-order valence-corrected chi connectivity index (χ1v) is 6.10. The summed E-state index contributed by atoms with van der Waals surface area (Å²) in [5, 5.41) is -6.42. The molecule has 20 heavy (non-hydrogen) atoms. The third-order valence-corrected chi connectivity index (χ3v) is 3.27. The molecule has 0 unspecified atom stereocenters. The normalized spacial score (nSPS) is 14.2. The predicted octanol–water partition coefficient (Wildman–Crippen LogP) is 1.26. The van der Waals surface area contributed by atoms with Crippen LogP contribution in [0.4, 0.5) is 30.7 Å². The molecule has 0 aromatic carbocycles. The summed E-state index contributed by atoms with van der Waals surface area (Å²) in [6.45, 7) is -1.03. The van der Waals surface area contributed by atoms with Gasteiger partial charge < -0.3 is 4.74 Å². The molecule has 0 amide bonds. The van der Waals surface area contributed by atoms with Gasteiger partial charge in [0.2, 0.25) is 0 Å². The number of halogens is 7. The molecule has 0 radical (unpaired) electrons. The van der Waals surface area contributed by atoms with E-state index in [4.69, 9.17) is 0 Å². The molecule has 0 heterocycles. The van der Waals surface area contributed by atoms with Gasteiger partial charge >= 0.3 is 23.3 Å². The molecule has 0 atom stereocenters. The number of ether oxygens (including phenoxy) is 1. The SMILES string of the molecule is CC(=O)OCCNS(=O)(=O)C(F)(F)C(F)(F)C(F)(F)F. The van der Waals surface area contributed by atoms with Crippen LogP contribution in [0.5, 0.6) is 0 Å². The number of hydrogen-bond acceptors (Lipinski definition) is 4. The summed E-state index contributed by atoms with van der Waals surface area (Å²) >= 11 is 0. The van der Waals surface area contributed by atoms with Crippen LogP contribution < -0.4 is 4.72 Å². The van der Waals surface area contributed by atoms with Crippen LogP contribution in [0.1, 0.15) is 6.92 Å². The Bertz CT molecular complexity index is 458. The van der Waals surface area contributed by atoms with Crippen molar-refractivity contribution in [3.05, 3.63) is 0 Å². The quantitative estimate of drug-likeness (QED) is 0.451. The zero-order valence-corrected chi connectivity index (χ0v) is 10.4. The van der Waals surface area contributed by atoms with E-state index in [0.717, 1.165) is 11.6 Å². The average molecular weight is 335 g/mol. The predicted molar refractivity (Wildman–Crippen MR) is 49.5 cm³/mol. The van der Waals surface area contributed by atoms with Crippen LogP contribution in [0.3, 0.4) is 0 Å². The number of carbonyl (C=O) groups excluding carboxylic acids is 1. The summed E-state index contributed by atoms with van der Waals surface area (Å²) in [5.74, 6) is -7.72. The van der Waals surface area contributed by atoms with Gasteiger partial charge in [0.15, 0.2) is 0 Å². The molecule has 1 N–H and O–H groups in total. The van der Waals surface area contributed by atoms with Crippen molar-refractivity contribution < 1.29 is 48.7 Å². The van der Waals surface area contributed by atoms with Gasteiger partial charge in [-0.25, -0.2) is 13.1 Å². The van der Waals surface area contributed by atoms with Crippen LogP contribution in [-0.2, 0) is 19.6 Å². The maximum atomic E-state index is 12.8. The van der Waals surface area contributed by atoms with Crippen LogP contribution in [0.2, 0.25) is 0 Å². The number of sulfonamides is 1. The lowest BCUT2D eigenvalue weighted by Gasteiger charge is -2.27. The van der Waals surface area contributed by atoms with Gasteiger partial charge in [0.25, 0.3) is 10.0 Å². The zero-order chi connectivity index (χ0) is 16.4. The van der Waals surface area contributed by atoms with Crippen molar-refractivity contribution in [3.8, 4) is 0 Å². The molecule has 0 rings (SSSR count). The molecular formula is C7H8F7NO4S. The van der Waals surface area contributed by atoms with E-state index in [-0.39, 0.29) is 0 Å². The summed E-state index contributed by atoms with van der Waals surface area (Å²) in [4.78, 5) is 10.2. The molecule has 0 aliphatic rings. The second kappa shape index (κ2) is 5.71. The first-order chi connectivity index (χ1) is 8.67. The Balaban J connectivity index is 5.05. The lowest BCUT2D eigenvalue weighted by molar-refractivity contribution is -0.332. The van der Waals surface area contributed by atoms with Crippen LogP contribution in [0.25, 0.3) is 0 Å². The summed E-state index contributed by atoms with van der Waals surface area (Å²) in [6, 6.07) is 0. The highest BCUT2D eigenvalue weighted by Gasteiger charge is 2.78. The first-order valence-electron chi connectivity index (χ1n) is 4.61. The van der Waals surface area contributed by atoms with Crippen molar-refractivity contribution in [3.63, 3.8) is 0 Å². The third-order valence-electron chi connectivity index (χ3n) is 1.76. The second-order valence-electron chi connectivity index (χ2n) is 3.33. The third kappa shape index (κ3) is 3.71. The number of carbonyl (C=O) groups is 1. The largest absolute Gasteiger partial charge is 0.464 e. The Kier molecular flexibility index (Phi) is 5.40. The minimum Gasteiger partial charge on any atom is -0.464 e. The highest BCUT2D eigenvalue weighted by atomic mass is 32.2. The Morgan fingerprint density at radius 1 is 1.10 bits per heavy atom. The Morgan fingerprint density at radius 3 is 1.90 bits per heavy atom. The van der Waals surface area contributed by atoms with Crippen molar-refractivity contribution in [1.29, 1.82) is 0 Å². The maximum absolute atomic E-state index is 12.8. The summed E-state index contributed by atoms with van der Waals surface area (Å²) in [5.41, 5.74) is 0. The molecule has 0 bridgehead atoms. The number of hydrogen-bond donors (Lipinski definition) is 1. The fourth-order valence-electron chi connectivity index (χ4n) is 0.795. The number of nitrogens with one attached hydrogen (secondary N) is 1. The van der Waals surface area contributed by atoms with Gasteiger partial charge in [-0.1, -0.05) is 0 Å². The van der Waals surface area contributed by atoms with E-state index in [1.807, 2.05) is 0 Å². The van der Waals surface area contributed by atoms with Crippen LogP contribution in [0, 0.1) is 0 Å². The Morgan fingerprint density at radius 2 is 1.55 bits per heavy atom. The minimum absolute atomic E-state index is 0.798. The van der Waals surface area contributed by atoms with Gasteiger partial charge in [-0.2, -0.15) is 30.7 Å². The van der Waals surface area contributed by atoms with Crippen LogP contribution >= 0.6 is 0 Å². The lowest BCUT2D eigenvalue weighted by Crippen LogP contribution is -2.59. The fraction of sp³-hybridized carbons (Fsp3) is 0.857. The van der Waals surface area contributed by atoms with Crippen molar-refractivity contribution >= 4 is 16.0 Å². The second-order valence-corrected chi connectivity index (χ2v) is 5.14. The van der Waals surface area contributed by atoms with Crippen molar-refractivity contribution in [1.82, 2.24) is 4.72 Å². The van der Waals surface area contributed by atoms with E-state index < -0.39 is 46.5 Å². The van der Waals surface area contributed by atoms with E-state index in [0.29, 0.717) is 0 Å². The molecular weight excluding hydrogens is 327 g/mol. The fourth-order valence-corrected chi connectivity index (χ4v) is 1.78. The summed E-state index contributed by atoms with van der Waals surface area (Å²) in [6.07, 6.45) is -6.76. The summed E-state index contributed by atoms with van der Waals surface area (Å²) in [7, 11) is -6.34. The highest BCUT2D eigenvalue weighted by molar-refractivity contribution is 7.90. The van der Waals surface area contributed by atoms with Crippen LogP contribution in [-0.4, -0.2) is 44.9 Å². The van der Waals surface area contributed by atoms with Crippen molar-refractivity contribution in [2.45, 2.75) is 24.3 Å². The number of rotatable bonds is 6. The number of alkyl halides is 7. The first kappa shape index (κ1) is 18.9. The van der Waals surface area contributed by atoms with Gasteiger partial charge in [0.1, 0.15) is 6.61 Å². The zero-order valence-electron chi connectivity index (χ0n) is 9.60. The van der Waals surface area contributed by atoms with Gasteiger partial charge in [-0.3, -0.25) is 4.79 Å². The minimum atomic E-state index is -6.78. The molecule has 0 aromatic heterocycles. The standard InChI is InChI=1S/C7H8F7NO4S/c1-4(16)19-3-2-15-20(17,18)7(13,14)5(8,9)6(10,11)12/h15H,2-3H2,1H3. The van der Waals surface area contributed by atoms with Gasteiger partial charge in [0.05, 0.1) is 0 Å². The molecule has 5 nitrogen and oxygen atoms in total. The molecule has 0 spiro atoms. The van der Waals surface area contributed by atoms with Gasteiger partial charge in [-0.05, 0) is 0 Å². The molecule has 13 heteroatoms. The lowest BCUT2D eigenvalue weighted by atomic mass is 10.3. The molecule has 0 aromatic rings. The summed E-state index contributed by atoms with van der Waals surface area (Å²) < 4.78 is 112. The number of esters is 1. The average Bonchev–Trinajstić information content (AvgIpc) is 2.22. The van der Waals surface area contributed by atoms with E-state index in [9.17, 15) is 43.9 Å². The molecule has 0 saturated carbocycles. The molecule has 0 saturated heterocycles. The van der Waals surface area contributed by atoms with Crippen molar-refractivity contribution in [2.75, 3.05) is 13.2 Å². The van der Waals surface area contributed by atoms with E-state index in [2.05, 4.69) is 4.74 Å². The van der Waals surface area contributed by atoms with Gasteiger partial charge in [-0.15, -0.1) is 0 Å². The molecule has 0 aliphatic carbocycles. The van der Waals surface area contributed by atoms with Crippen LogP contribution in [0.15, 0.2) is 0 Å². The monoisotopic (exact) mass is 335 g/mol. The highest BCUT2D eigenvalue weighted by Crippen LogP contribution is 2.48. The Hall–Kier alpha value is -1.11. The molecule has 120 valence electrons. The van der Waals surface area contributed by atoms with E-state index in [1.165, 1.54) is 0 Å². The Labute approximate surface area is 108 Å². The van der Waals surface area contributed by atoms with E-state index >= 15 is 0 Å². The topological polar surface area (TPSA) is 72.5 Å².